The Balaban J connectivity index is 2.44. The molecule has 0 fully saturated rings. The maximum absolute atomic E-state index is 9.55. The van der Waals surface area contributed by atoms with Crippen molar-refractivity contribution >= 4 is 0 Å². The highest BCUT2D eigenvalue weighted by atomic mass is 16.3. The lowest BCUT2D eigenvalue weighted by Crippen LogP contribution is -2.20. The van der Waals surface area contributed by atoms with Crippen molar-refractivity contribution < 1.29 is 5.11 Å². The van der Waals surface area contributed by atoms with E-state index in [1.165, 1.54) is 6.42 Å². The van der Waals surface area contributed by atoms with E-state index in [9.17, 15) is 5.11 Å². The summed E-state index contributed by atoms with van der Waals surface area (Å²) in [6.07, 6.45) is 2.88. The van der Waals surface area contributed by atoms with Gasteiger partial charge in [0, 0.05) is 12.7 Å². The van der Waals surface area contributed by atoms with Crippen LogP contribution in [0.15, 0.2) is 18.3 Å². The molecular formula is C12H20N2O. The number of aromatic nitrogens is 1. The third kappa shape index (κ3) is 4.30. The number of rotatable bonds is 5. The van der Waals surface area contributed by atoms with Crippen molar-refractivity contribution in [1.29, 1.82) is 0 Å². The van der Waals surface area contributed by atoms with Gasteiger partial charge >= 0.3 is 0 Å². The van der Waals surface area contributed by atoms with Crippen LogP contribution in [-0.2, 0) is 6.54 Å². The first kappa shape index (κ1) is 12.0. The predicted octanol–water partition coefficient (Wildman–Crippen LogP) is 2.27. The molecule has 1 rings (SSSR count). The first-order valence-electron chi connectivity index (χ1n) is 5.41. The molecule has 0 saturated carbocycles. The first-order chi connectivity index (χ1) is 7.09. The van der Waals surface area contributed by atoms with Crippen molar-refractivity contribution in [2.24, 2.45) is 5.92 Å². The van der Waals surface area contributed by atoms with Gasteiger partial charge in [0.25, 0.3) is 0 Å². The molecule has 1 aromatic heterocycles. The lowest BCUT2D eigenvalue weighted by Gasteiger charge is -2.17. The van der Waals surface area contributed by atoms with Crippen molar-refractivity contribution in [2.45, 2.75) is 26.8 Å². The van der Waals surface area contributed by atoms with Crippen LogP contribution in [0.5, 0.6) is 5.75 Å². The SMILES string of the molecule is CC(C)CCN(C)Cc1ncccc1O. The van der Waals surface area contributed by atoms with Gasteiger partial charge in [-0.2, -0.15) is 0 Å². The number of hydrogen-bond donors (Lipinski definition) is 1. The maximum atomic E-state index is 9.55. The van der Waals surface area contributed by atoms with Gasteiger partial charge in [0.2, 0.25) is 0 Å². The molecule has 0 aromatic carbocycles. The molecule has 84 valence electrons. The molecule has 0 aliphatic carbocycles. The third-order valence-corrected chi connectivity index (χ3v) is 2.37. The molecule has 0 spiro atoms. The fourth-order valence-electron chi connectivity index (χ4n) is 1.36. The van der Waals surface area contributed by atoms with Crippen molar-refractivity contribution in [1.82, 2.24) is 9.88 Å². The quantitative estimate of drug-likeness (QED) is 0.806. The average molecular weight is 208 g/mol. The minimum Gasteiger partial charge on any atom is -0.506 e. The van der Waals surface area contributed by atoms with E-state index in [-0.39, 0.29) is 5.75 Å². The van der Waals surface area contributed by atoms with Crippen molar-refractivity contribution in [3.05, 3.63) is 24.0 Å². The Kier molecular flexibility index (Phi) is 4.56. The standard InChI is InChI=1S/C12H20N2O/c1-10(2)6-8-14(3)9-11-12(15)5-4-7-13-11/h4-5,7,10,15H,6,8-9H2,1-3H3. The highest BCUT2D eigenvalue weighted by Gasteiger charge is 2.06. The van der Waals surface area contributed by atoms with Crippen molar-refractivity contribution in [3.8, 4) is 5.75 Å². The van der Waals surface area contributed by atoms with Crippen LogP contribution >= 0.6 is 0 Å². The number of pyridine rings is 1. The Labute approximate surface area is 91.8 Å². The zero-order valence-corrected chi connectivity index (χ0v) is 9.77. The molecule has 0 amide bonds. The van der Waals surface area contributed by atoms with E-state index in [2.05, 4.69) is 30.8 Å². The van der Waals surface area contributed by atoms with Crippen molar-refractivity contribution in [2.75, 3.05) is 13.6 Å². The first-order valence-corrected chi connectivity index (χ1v) is 5.41. The summed E-state index contributed by atoms with van der Waals surface area (Å²) in [6, 6.07) is 3.42. The Morgan fingerprint density at radius 2 is 2.20 bits per heavy atom. The number of aromatic hydroxyl groups is 1. The molecular weight excluding hydrogens is 188 g/mol. The largest absolute Gasteiger partial charge is 0.506 e. The van der Waals surface area contributed by atoms with E-state index in [4.69, 9.17) is 0 Å². The molecule has 1 heterocycles. The lowest BCUT2D eigenvalue weighted by atomic mass is 10.1. The molecule has 3 heteroatoms. The molecule has 0 bridgehead atoms. The minimum absolute atomic E-state index is 0.286. The van der Waals surface area contributed by atoms with Gasteiger partial charge in [0.15, 0.2) is 0 Å². The summed E-state index contributed by atoms with van der Waals surface area (Å²) in [6.45, 7) is 6.17. The van der Waals surface area contributed by atoms with Gasteiger partial charge < -0.3 is 10.0 Å². The minimum atomic E-state index is 0.286. The van der Waals surface area contributed by atoms with Gasteiger partial charge in [-0.15, -0.1) is 0 Å². The topological polar surface area (TPSA) is 36.4 Å². The second-order valence-corrected chi connectivity index (χ2v) is 4.39. The smallest absolute Gasteiger partial charge is 0.138 e. The van der Waals surface area contributed by atoms with Gasteiger partial charge in [-0.05, 0) is 38.1 Å². The van der Waals surface area contributed by atoms with Gasteiger partial charge in [-0.3, -0.25) is 4.98 Å². The van der Waals surface area contributed by atoms with Gasteiger partial charge in [0.1, 0.15) is 5.75 Å². The molecule has 0 aliphatic heterocycles. The number of nitrogens with zero attached hydrogens (tertiary/aromatic N) is 2. The molecule has 1 aromatic rings. The molecule has 0 atom stereocenters. The predicted molar refractivity (Wildman–Crippen MR) is 61.7 cm³/mol. The van der Waals surface area contributed by atoms with E-state index < -0.39 is 0 Å². The van der Waals surface area contributed by atoms with E-state index in [0.717, 1.165) is 12.2 Å². The monoisotopic (exact) mass is 208 g/mol. The third-order valence-electron chi connectivity index (χ3n) is 2.37. The summed E-state index contributed by atoms with van der Waals surface area (Å²) in [7, 11) is 2.05. The molecule has 0 unspecified atom stereocenters. The lowest BCUT2D eigenvalue weighted by molar-refractivity contribution is 0.295. The van der Waals surface area contributed by atoms with Crippen LogP contribution in [0.4, 0.5) is 0 Å². The van der Waals surface area contributed by atoms with E-state index >= 15 is 0 Å². The highest BCUT2D eigenvalue weighted by Crippen LogP contribution is 2.14. The molecule has 1 N–H and O–H groups in total. The van der Waals surface area contributed by atoms with E-state index in [1.807, 2.05) is 0 Å². The van der Waals surface area contributed by atoms with Crippen molar-refractivity contribution in [3.63, 3.8) is 0 Å². The normalized spacial score (nSPS) is 11.3. The number of hydrogen-bond acceptors (Lipinski definition) is 3. The maximum Gasteiger partial charge on any atom is 0.138 e. The Bertz CT molecular complexity index is 299. The molecule has 0 radical (unpaired) electrons. The van der Waals surface area contributed by atoms with Crippen LogP contribution < -0.4 is 0 Å². The molecule has 0 saturated heterocycles. The van der Waals surface area contributed by atoms with Crippen LogP contribution in [0.25, 0.3) is 0 Å². The highest BCUT2D eigenvalue weighted by molar-refractivity contribution is 5.24. The fraction of sp³-hybridized carbons (Fsp3) is 0.583. The zero-order valence-electron chi connectivity index (χ0n) is 9.77. The van der Waals surface area contributed by atoms with E-state index in [1.54, 1.807) is 18.3 Å². The molecule has 3 nitrogen and oxygen atoms in total. The van der Waals surface area contributed by atoms with Gasteiger partial charge in [0.05, 0.1) is 5.69 Å². The fourth-order valence-corrected chi connectivity index (χ4v) is 1.36. The van der Waals surface area contributed by atoms with Crippen LogP contribution in [0.2, 0.25) is 0 Å². The summed E-state index contributed by atoms with van der Waals surface area (Å²) in [5, 5.41) is 9.55. The molecule has 0 aliphatic rings. The molecule has 15 heavy (non-hydrogen) atoms. The Morgan fingerprint density at radius 1 is 1.47 bits per heavy atom. The van der Waals surface area contributed by atoms with Gasteiger partial charge in [-0.1, -0.05) is 13.8 Å². The Morgan fingerprint density at radius 3 is 2.80 bits per heavy atom. The summed E-state index contributed by atoms with van der Waals surface area (Å²) in [5.41, 5.74) is 0.753. The summed E-state index contributed by atoms with van der Waals surface area (Å²) >= 11 is 0. The van der Waals surface area contributed by atoms with E-state index in [0.29, 0.717) is 12.5 Å². The second-order valence-electron chi connectivity index (χ2n) is 4.39. The van der Waals surface area contributed by atoms with Gasteiger partial charge in [-0.25, -0.2) is 0 Å². The zero-order chi connectivity index (χ0) is 11.3. The van der Waals surface area contributed by atoms with Crippen LogP contribution in [-0.4, -0.2) is 28.6 Å². The summed E-state index contributed by atoms with van der Waals surface area (Å²) < 4.78 is 0. The van der Waals surface area contributed by atoms with Crippen LogP contribution in [0, 0.1) is 5.92 Å². The Hall–Kier alpha value is -1.09. The summed E-state index contributed by atoms with van der Waals surface area (Å²) in [4.78, 5) is 6.34. The average Bonchev–Trinajstić information content (AvgIpc) is 2.18. The van der Waals surface area contributed by atoms with Crippen LogP contribution in [0.1, 0.15) is 26.0 Å². The second kappa shape index (κ2) is 5.71. The summed E-state index contributed by atoms with van der Waals surface area (Å²) in [5.74, 6) is 0.999. The van der Waals surface area contributed by atoms with Crippen LogP contribution in [0.3, 0.4) is 0 Å².